The van der Waals surface area contributed by atoms with Crippen LogP contribution in [0, 0.1) is 27.7 Å². The number of hydrogen-bond acceptors (Lipinski definition) is 5. The van der Waals surface area contributed by atoms with Gasteiger partial charge in [0, 0.05) is 16.5 Å². The fourth-order valence-electron chi connectivity index (χ4n) is 3.17. The van der Waals surface area contributed by atoms with E-state index in [0.29, 0.717) is 0 Å². The van der Waals surface area contributed by atoms with Gasteiger partial charge in [0.05, 0.1) is 23.1 Å². The largest absolute Gasteiger partial charge is 0.361 e. The highest BCUT2D eigenvalue weighted by Crippen LogP contribution is 2.37. The molecule has 6 nitrogen and oxygen atoms in total. The van der Waals surface area contributed by atoms with E-state index in [9.17, 15) is 0 Å². The molecule has 0 spiro atoms. The zero-order chi connectivity index (χ0) is 16.1. The predicted octanol–water partition coefficient (Wildman–Crippen LogP) is 4.11. The molecule has 1 N–H and O–H groups in total. The third-order valence-corrected chi connectivity index (χ3v) is 4.18. The summed E-state index contributed by atoms with van der Waals surface area (Å²) in [5, 5.41) is 16.4. The molecule has 0 unspecified atom stereocenters. The summed E-state index contributed by atoms with van der Waals surface area (Å²) in [4.78, 5) is 0. The Kier molecular flexibility index (Phi) is 2.87. The van der Waals surface area contributed by atoms with Crippen molar-refractivity contribution in [2.45, 2.75) is 27.7 Å². The van der Waals surface area contributed by atoms with Crippen LogP contribution in [-0.4, -0.2) is 20.5 Å². The Morgan fingerprint density at radius 2 is 1.52 bits per heavy atom. The molecule has 3 heterocycles. The van der Waals surface area contributed by atoms with E-state index in [4.69, 9.17) is 9.05 Å². The maximum absolute atomic E-state index is 5.34. The van der Waals surface area contributed by atoms with Crippen molar-refractivity contribution in [3.05, 3.63) is 41.2 Å². The van der Waals surface area contributed by atoms with Crippen LogP contribution < -0.4 is 0 Å². The number of rotatable bonds is 2. The Labute approximate surface area is 132 Å². The average molecular weight is 308 g/mol. The lowest BCUT2D eigenvalue weighted by atomic mass is 9.94. The van der Waals surface area contributed by atoms with Crippen LogP contribution in [-0.2, 0) is 0 Å². The van der Waals surface area contributed by atoms with E-state index < -0.39 is 0 Å². The topological polar surface area (TPSA) is 80.7 Å². The number of aromatic amines is 1. The van der Waals surface area contributed by atoms with Crippen LogP contribution in [0.5, 0.6) is 0 Å². The van der Waals surface area contributed by atoms with Gasteiger partial charge in [-0.1, -0.05) is 10.3 Å². The highest BCUT2D eigenvalue weighted by atomic mass is 16.5. The minimum atomic E-state index is 0.793. The van der Waals surface area contributed by atoms with Gasteiger partial charge in [-0.05, 0) is 51.0 Å². The smallest absolute Gasteiger partial charge is 0.141 e. The summed E-state index contributed by atoms with van der Waals surface area (Å²) in [6, 6.07) is 4.19. The Morgan fingerprint density at radius 1 is 0.870 bits per heavy atom. The molecule has 4 aromatic rings. The summed E-state index contributed by atoms with van der Waals surface area (Å²) in [5.74, 6) is 1.59. The molecule has 0 amide bonds. The minimum absolute atomic E-state index is 0.793. The van der Waals surface area contributed by atoms with Crippen molar-refractivity contribution in [2.75, 3.05) is 0 Å². The predicted molar refractivity (Wildman–Crippen MR) is 86.0 cm³/mol. The van der Waals surface area contributed by atoms with E-state index in [1.807, 2.05) is 33.9 Å². The number of nitrogens with zero attached hydrogens (tertiary/aromatic N) is 3. The first kappa shape index (κ1) is 13.8. The quantitative estimate of drug-likeness (QED) is 0.603. The van der Waals surface area contributed by atoms with Crippen molar-refractivity contribution >= 4 is 10.9 Å². The maximum atomic E-state index is 5.34. The van der Waals surface area contributed by atoms with E-state index in [-0.39, 0.29) is 0 Å². The van der Waals surface area contributed by atoms with E-state index >= 15 is 0 Å². The molecule has 0 fully saturated rings. The minimum Gasteiger partial charge on any atom is -0.361 e. The first-order valence-electron chi connectivity index (χ1n) is 7.40. The summed E-state index contributed by atoms with van der Waals surface area (Å²) in [6.45, 7) is 7.73. The summed E-state index contributed by atoms with van der Waals surface area (Å²) >= 11 is 0. The van der Waals surface area contributed by atoms with Gasteiger partial charge in [-0.25, -0.2) is 0 Å². The first-order valence-corrected chi connectivity index (χ1v) is 7.40. The lowest BCUT2D eigenvalue weighted by Crippen LogP contribution is -1.88. The number of aryl methyl sites for hydroxylation is 4. The van der Waals surface area contributed by atoms with Crippen molar-refractivity contribution in [2.24, 2.45) is 0 Å². The molecular formula is C17H16N4O2. The van der Waals surface area contributed by atoms with Gasteiger partial charge in [-0.15, -0.1) is 0 Å². The number of fused-ring (bicyclic) bond motifs is 1. The van der Waals surface area contributed by atoms with Crippen LogP contribution in [0.1, 0.15) is 22.9 Å². The average Bonchev–Trinajstić information content (AvgIpc) is 3.19. The third-order valence-electron chi connectivity index (χ3n) is 4.18. The highest BCUT2D eigenvalue weighted by Gasteiger charge is 2.19. The number of aromatic nitrogens is 4. The molecule has 0 saturated carbocycles. The van der Waals surface area contributed by atoms with Crippen LogP contribution >= 0.6 is 0 Å². The fourth-order valence-corrected chi connectivity index (χ4v) is 3.17. The van der Waals surface area contributed by atoms with Crippen molar-refractivity contribution in [3.8, 4) is 22.3 Å². The van der Waals surface area contributed by atoms with Crippen molar-refractivity contribution < 1.29 is 9.05 Å². The number of nitrogens with one attached hydrogen (secondary N) is 1. The normalized spacial score (nSPS) is 11.5. The van der Waals surface area contributed by atoms with E-state index in [1.54, 1.807) is 0 Å². The second-order valence-corrected chi connectivity index (χ2v) is 5.75. The summed E-state index contributed by atoms with van der Waals surface area (Å²) < 4.78 is 10.7. The van der Waals surface area contributed by atoms with Crippen LogP contribution in [0.4, 0.5) is 0 Å². The summed E-state index contributed by atoms with van der Waals surface area (Å²) in [5.41, 5.74) is 6.78. The van der Waals surface area contributed by atoms with Gasteiger partial charge in [-0.3, -0.25) is 5.10 Å². The van der Waals surface area contributed by atoms with E-state index in [0.717, 1.165) is 56.1 Å². The van der Waals surface area contributed by atoms with Gasteiger partial charge in [0.1, 0.15) is 11.5 Å². The molecule has 6 heteroatoms. The molecule has 1 aromatic carbocycles. The molecule has 0 aliphatic heterocycles. The van der Waals surface area contributed by atoms with Gasteiger partial charge in [0.2, 0.25) is 0 Å². The molecular weight excluding hydrogens is 292 g/mol. The first-order chi connectivity index (χ1) is 11.1. The molecule has 0 aliphatic rings. The van der Waals surface area contributed by atoms with Crippen LogP contribution in [0.25, 0.3) is 33.2 Å². The molecule has 116 valence electrons. The van der Waals surface area contributed by atoms with Crippen LogP contribution in [0.3, 0.4) is 0 Å². The summed E-state index contributed by atoms with van der Waals surface area (Å²) in [6.07, 6.45) is 1.83. The molecule has 23 heavy (non-hydrogen) atoms. The van der Waals surface area contributed by atoms with Gasteiger partial charge in [0.15, 0.2) is 0 Å². The van der Waals surface area contributed by atoms with Crippen LogP contribution in [0.2, 0.25) is 0 Å². The van der Waals surface area contributed by atoms with Gasteiger partial charge in [-0.2, -0.15) is 5.10 Å². The fraction of sp³-hybridized carbons (Fsp3) is 0.235. The molecule has 0 atom stereocenters. The second-order valence-electron chi connectivity index (χ2n) is 5.75. The Morgan fingerprint density at radius 3 is 2.13 bits per heavy atom. The molecule has 0 radical (unpaired) electrons. The van der Waals surface area contributed by atoms with Gasteiger partial charge in [0.25, 0.3) is 0 Å². The van der Waals surface area contributed by atoms with Crippen LogP contribution in [0.15, 0.2) is 27.4 Å². The van der Waals surface area contributed by atoms with Crippen molar-refractivity contribution in [1.82, 2.24) is 20.5 Å². The Bertz CT molecular complexity index is 984. The SMILES string of the molecule is Cc1noc(C)c1-c1cc(-c2c(C)noc2C)c2cn[nH]c2c1. The molecule has 4 rings (SSSR count). The van der Waals surface area contributed by atoms with Gasteiger partial charge >= 0.3 is 0 Å². The second kappa shape index (κ2) is 4.81. The van der Waals surface area contributed by atoms with Gasteiger partial charge < -0.3 is 9.05 Å². The third kappa shape index (κ3) is 1.98. The lowest BCUT2D eigenvalue weighted by molar-refractivity contribution is 0.393. The molecule has 3 aromatic heterocycles. The standard InChI is InChI=1S/C17H16N4O2/c1-8-16(10(3)22-20-8)12-5-13(14-7-18-19-15(14)6-12)17-9(2)21-23-11(17)4/h5-7H,1-4H3,(H,18,19). The molecule has 0 saturated heterocycles. The lowest BCUT2D eigenvalue weighted by Gasteiger charge is -2.07. The number of hydrogen-bond donors (Lipinski definition) is 1. The Balaban J connectivity index is 2.07. The molecule has 0 bridgehead atoms. The number of benzene rings is 1. The summed E-state index contributed by atoms with van der Waals surface area (Å²) in [7, 11) is 0. The van der Waals surface area contributed by atoms with Crippen molar-refractivity contribution in [1.29, 1.82) is 0 Å². The zero-order valence-corrected chi connectivity index (χ0v) is 13.4. The molecule has 0 aliphatic carbocycles. The zero-order valence-electron chi connectivity index (χ0n) is 13.4. The van der Waals surface area contributed by atoms with E-state index in [2.05, 4.69) is 32.6 Å². The monoisotopic (exact) mass is 308 g/mol. The highest BCUT2D eigenvalue weighted by molar-refractivity contribution is 5.99. The maximum Gasteiger partial charge on any atom is 0.141 e. The Hall–Kier alpha value is -2.89. The number of H-pyrrole nitrogens is 1. The van der Waals surface area contributed by atoms with Crippen molar-refractivity contribution in [3.63, 3.8) is 0 Å². The van der Waals surface area contributed by atoms with E-state index in [1.165, 1.54) is 0 Å².